The van der Waals surface area contributed by atoms with Gasteiger partial charge in [0.25, 0.3) is 0 Å². The quantitative estimate of drug-likeness (QED) is 0.866. The fourth-order valence-corrected chi connectivity index (χ4v) is 3.45. The molecule has 2 heterocycles. The topological polar surface area (TPSA) is 33.1 Å². The van der Waals surface area contributed by atoms with E-state index in [1.54, 1.807) is 0 Å². The molecule has 1 saturated heterocycles. The molecule has 0 aliphatic carbocycles. The summed E-state index contributed by atoms with van der Waals surface area (Å²) in [6.45, 7) is 7.28. The van der Waals surface area contributed by atoms with E-state index in [0.717, 1.165) is 12.8 Å². The first-order chi connectivity index (χ1) is 9.54. The molecule has 0 radical (unpaired) electrons. The van der Waals surface area contributed by atoms with E-state index < -0.39 is 0 Å². The van der Waals surface area contributed by atoms with Crippen molar-refractivity contribution < 1.29 is 0 Å². The monoisotopic (exact) mass is 278 g/mol. The van der Waals surface area contributed by atoms with Crippen LogP contribution in [0.15, 0.2) is 12.4 Å². The summed E-state index contributed by atoms with van der Waals surface area (Å²) in [5.41, 5.74) is 1.55. The van der Waals surface area contributed by atoms with Crippen molar-refractivity contribution in [3.63, 3.8) is 0 Å². The van der Waals surface area contributed by atoms with Gasteiger partial charge in [-0.15, -0.1) is 0 Å². The van der Waals surface area contributed by atoms with Crippen molar-refractivity contribution >= 4 is 0 Å². The Morgan fingerprint density at radius 2 is 2.00 bits per heavy atom. The lowest BCUT2D eigenvalue weighted by Gasteiger charge is -2.46. The molecule has 1 atom stereocenters. The van der Waals surface area contributed by atoms with Gasteiger partial charge >= 0.3 is 0 Å². The average Bonchev–Trinajstić information content (AvgIpc) is 2.86. The number of nitrogens with zero attached hydrogens (tertiary/aromatic N) is 3. The molecule has 4 nitrogen and oxygen atoms in total. The summed E-state index contributed by atoms with van der Waals surface area (Å²) in [6, 6.07) is 0.515. The van der Waals surface area contributed by atoms with Gasteiger partial charge in [-0.1, -0.05) is 6.42 Å². The molecule has 0 saturated carbocycles. The Labute approximate surface area is 123 Å². The predicted octanol–water partition coefficient (Wildman–Crippen LogP) is 2.21. The zero-order chi connectivity index (χ0) is 14.6. The standard InChI is InChI=1S/C16H30N4/c1-16(2,20-10-6-5-7-11-20)15(17-3)9-8-14-12-18-19(4)13-14/h12-13,15,17H,5-11H2,1-4H3. The van der Waals surface area contributed by atoms with Crippen LogP contribution < -0.4 is 5.32 Å². The van der Waals surface area contributed by atoms with Crippen molar-refractivity contribution in [3.8, 4) is 0 Å². The van der Waals surface area contributed by atoms with Gasteiger partial charge in [-0.25, -0.2) is 0 Å². The van der Waals surface area contributed by atoms with Crippen molar-refractivity contribution in [2.24, 2.45) is 7.05 Å². The Bertz CT molecular complexity index is 404. The van der Waals surface area contributed by atoms with Crippen molar-refractivity contribution in [1.29, 1.82) is 0 Å². The van der Waals surface area contributed by atoms with Crippen LogP contribution in [0.25, 0.3) is 0 Å². The molecule has 4 heteroatoms. The lowest BCUT2D eigenvalue weighted by atomic mass is 9.86. The van der Waals surface area contributed by atoms with Gasteiger partial charge in [0.1, 0.15) is 0 Å². The molecule has 2 rings (SSSR count). The Morgan fingerprint density at radius 1 is 1.30 bits per heavy atom. The Kier molecular flexibility index (Phi) is 5.22. The first kappa shape index (κ1) is 15.5. The highest BCUT2D eigenvalue weighted by atomic mass is 15.2. The first-order valence-electron chi connectivity index (χ1n) is 7.94. The normalized spacial score (nSPS) is 19.2. The molecule has 1 N–H and O–H groups in total. The third-order valence-electron chi connectivity index (χ3n) is 4.85. The third-order valence-corrected chi connectivity index (χ3v) is 4.85. The largest absolute Gasteiger partial charge is 0.315 e. The van der Waals surface area contributed by atoms with Crippen LogP contribution in [0.4, 0.5) is 0 Å². The van der Waals surface area contributed by atoms with Gasteiger partial charge in [0.05, 0.1) is 6.20 Å². The van der Waals surface area contributed by atoms with Crippen LogP contribution in [-0.2, 0) is 13.5 Å². The molecule has 1 aromatic heterocycles. The predicted molar refractivity (Wildman–Crippen MR) is 83.9 cm³/mol. The van der Waals surface area contributed by atoms with Crippen molar-refractivity contribution in [2.45, 2.75) is 57.5 Å². The fourth-order valence-electron chi connectivity index (χ4n) is 3.45. The van der Waals surface area contributed by atoms with Gasteiger partial charge in [0.15, 0.2) is 0 Å². The van der Waals surface area contributed by atoms with E-state index in [1.807, 2.05) is 17.9 Å². The molecule has 0 bridgehead atoms. The van der Waals surface area contributed by atoms with Crippen LogP contribution in [0.5, 0.6) is 0 Å². The Hall–Kier alpha value is -0.870. The van der Waals surface area contributed by atoms with Gasteiger partial charge in [0.2, 0.25) is 0 Å². The highest BCUT2D eigenvalue weighted by Crippen LogP contribution is 2.26. The number of nitrogens with one attached hydrogen (secondary N) is 1. The minimum absolute atomic E-state index is 0.220. The number of aromatic nitrogens is 2. The Balaban J connectivity index is 1.95. The zero-order valence-electron chi connectivity index (χ0n) is 13.5. The molecular weight excluding hydrogens is 248 g/mol. The van der Waals surface area contributed by atoms with Crippen molar-refractivity contribution in [3.05, 3.63) is 18.0 Å². The molecule has 1 fully saturated rings. The maximum atomic E-state index is 4.26. The van der Waals surface area contributed by atoms with Gasteiger partial charge in [-0.3, -0.25) is 9.58 Å². The summed E-state index contributed by atoms with van der Waals surface area (Å²) in [5, 5.41) is 7.81. The summed E-state index contributed by atoms with van der Waals surface area (Å²) in [7, 11) is 4.08. The SMILES string of the molecule is CNC(CCc1cnn(C)c1)C(C)(C)N1CCCCC1. The van der Waals surface area contributed by atoms with Gasteiger partial charge in [0, 0.05) is 24.8 Å². The Morgan fingerprint density at radius 3 is 2.55 bits per heavy atom. The second-order valence-corrected chi connectivity index (χ2v) is 6.60. The van der Waals surface area contributed by atoms with Crippen molar-refractivity contribution in [2.75, 3.05) is 20.1 Å². The summed E-state index contributed by atoms with van der Waals surface area (Å²) in [6.07, 6.45) is 10.5. The highest BCUT2D eigenvalue weighted by molar-refractivity contribution is 5.05. The lowest BCUT2D eigenvalue weighted by molar-refractivity contribution is 0.0608. The summed E-state index contributed by atoms with van der Waals surface area (Å²) >= 11 is 0. The number of aryl methyl sites for hydroxylation is 2. The molecule has 0 spiro atoms. The minimum Gasteiger partial charge on any atom is -0.315 e. The van der Waals surface area contributed by atoms with E-state index in [-0.39, 0.29) is 5.54 Å². The van der Waals surface area contributed by atoms with Crippen LogP contribution in [0, 0.1) is 0 Å². The molecule has 1 aromatic rings. The molecule has 1 unspecified atom stereocenters. The van der Waals surface area contributed by atoms with Crippen LogP contribution >= 0.6 is 0 Å². The number of piperidine rings is 1. The van der Waals surface area contributed by atoms with Crippen molar-refractivity contribution in [1.82, 2.24) is 20.0 Å². The first-order valence-corrected chi connectivity index (χ1v) is 7.94. The maximum absolute atomic E-state index is 4.26. The number of rotatable bonds is 6. The van der Waals surface area contributed by atoms with E-state index in [4.69, 9.17) is 0 Å². The fraction of sp³-hybridized carbons (Fsp3) is 0.812. The minimum atomic E-state index is 0.220. The number of likely N-dealkylation sites (tertiary alicyclic amines) is 1. The van der Waals surface area contributed by atoms with Gasteiger partial charge in [-0.05, 0) is 65.2 Å². The maximum Gasteiger partial charge on any atom is 0.0521 e. The molecule has 1 aliphatic rings. The molecular formula is C16H30N4. The number of hydrogen-bond donors (Lipinski definition) is 1. The van der Waals surface area contributed by atoms with Gasteiger partial charge < -0.3 is 5.32 Å². The van der Waals surface area contributed by atoms with E-state index in [0.29, 0.717) is 6.04 Å². The summed E-state index contributed by atoms with van der Waals surface area (Å²) in [4.78, 5) is 2.67. The molecule has 0 amide bonds. The van der Waals surface area contributed by atoms with Crippen LogP contribution in [0.1, 0.15) is 45.1 Å². The van der Waals surface area contributed by atoms with Crippen LogP contribution in [0.2, 0.25) is 0 Å². The molecule has 0 aromatic carbocycles. The van der Waals surface area contributed by atoms with E-state index >= 15 is 0 Å². The zero-order valence-corrected chi connectivity index (χ0v) is 13.5. The van der Waals surface area contributed by atoms with Gasteiger partial charge in [-0.2, -0.15) is 5.10 Å². The summed E-state index contributed by atoms with van der Waals surface area (Å²) in [5.74, 6) is 0. The van der Waals surface area contributed by atoms with E-state index in [9.17, 15) is 0 Å². The number of likely N-dealkylation sites (N-methyl/N-ethyl adjacent to an activating group) is 1. The third kappa shape index (κ3) is 3.61. The van der Waals surface area contributed by atoms with Crippen LogP contribution in [-0.4, -0.2) is 46.4 Å². The van der Waals surface area contributed by atoms with E-state index in [1.165, 1.54) is 37.9 Å². The molecule has 114 valence electrons. The van der Waals surface area contributed by atoms with E-state index in [2.05, 4.69) is 42.4 Å². The average molecular weight is 278 g/mol. The lowest BCUT2D eigenvalue weighted by Crippen LogP contribution is -2.58. The second kappa shape index (κ2) is 6.72. The highest BCUT2D eigenvalue weighted by Gasteiger charge is 2.34. The smallest absolute Gasteiger partial charge is 0.0521 e. The molecule has 20 heavy (non-hydrogen) atoms. The molecule has 1 aliphatic heterocycles. The summed E-state index contributed by atoms with van der Waals surface area (Å²) < 4.78 is 1.89. The van der Waals surface area contributed by atoms with Crippen LogP contribution in [0.3, 0.4) is 0 Å². The number of hydrogen-bond acceptors (Lipinski definition) is 3. The second-order valence-electron chi connectivity index (χ2n) is 6.60.